The van der Waals surface area contributed by atoms with Gasteiger partial charge in [0.15, 0.2) is 5.65 Å². The Labute approximate surface area is 154 Å². The van der Waals surface area contributed by atoms with Crippen LogP contribution in [0.5, 0.6) is 5.75 Å². The molecule has 1 amide bonds. The van der Waals surface area contributed by atoms with Gasteiger partial charge in [-0.15, -0.1) is 0 Å². The van der Waals surface area contributed by atoms with Crippen molar-refractivity contribution in [1.82, 2.24) is 24.2 Å². The van der Waals surface area contributed by atoms with E-state index in [0.717, 1.165) is 0 Å². The third-order valence-corrected chi connectivity index (χ3v) is 4.18. The number of likely N-dealkylation sites (N-methyl/N-ethyl adjacent to an activating group) is 1. The van der Waals surface area contributed by atoms with Crippen LogP contribution in [-0.2, 0) is 18.4 Å². The molecule has 0 atom stereocenters. The summed E-state index contributed by atoms with van der Waals surface area (Å²) in [6.07, 6.45) is 2.81. The molecule has 8 nitrogen and oxygen atoms in total. The molecule has 0 saturated heterocycles. The Morgan fingerprint density at radius 2 is 2.19 bits per heavy atom. The SMILES string of the molecule is CN(CCOc1cccc(Cl)c1)C(=O)Cn1cnc2c(cnn2C)c1=O. The first kappa shape index (κ1) is 17.9. The van der Waals surface area contributed by atoms with Gasteiger partial charge in [0, 0.05) is 19.1 Å². The first-order valence-corrected chi connectivity index (χ1v) is 8.33. The minimum Gasteiger partial charge on any atom is -0.492 e. The minimum absolute atomic E-state index is 0.0929. The maximum atomic E-state index is 12.4. The number of rotatable bonds is 6. The van der Waals surface area contributed by atoms with Crippen molar-refractivity contribution in [1.29, 1.82) is 0 Å². The van der Waals surface area contributed by atoms with Crippen LogP contribution < -0.4 is 10.3 Å². The number of aryl methyl sites for hydroxylation is 1. The zero-order chi connectivity index (χ0) is 18.7. The number of amides is 1. The predicted octanol–water partition coefficient (Wildman–Crippen LogP) is 1.32. The predicted molar refractivity (Wildman–Crippen MR) is 97.4 cm³/mol. The average molecular weight is 376 g/mol. The number of carbonyl (C=O) groups excluding carboxylic acids is 1. The zero-order valence-corrected chi connectivity index (χ0v) is 15.2. The Morgan fingerprint density at radius 3 is 2.96 bits per heavy atom. The number of carbonyl (C=O) groups is 1. The molecule has 0 N–H and O–H groups in total. The standard InChI is InChI=1S/C17H18ClN5O3/c1-21(6-7-26-13-5-3-4-12(18)8-13)15(24)10-23-11-19-16-14(17(23)25)9-20-22(16)2/h3-5,8-9,11H,6-7,10H2,1-2H3. The summed E-state index contributed by atoms with van der Waals surface area (Å²) in [5, 5.41) is 4.98. The van der Waals surface area contributed by atoms with E-state index in [1.807, 2.05) is 0 Å². The fraction of sp³-hybridized carbons (Fsp3) is 0.294. The summed E-state index contributed by atoms with van der Waals surface area (Å²) >= 11 is 5.90. The van der Waals surface area contributed by atoms with E-state index in [2.05, 4.69) is 10.1 Å². The van der Waals surface area contributed by atoms with Crippen molar-refractivity contribution in [3.8, 4) is 5.75 Å². The molecular weight excluding hydrogens is 358 g/mol. The molecule has 3 rings (SSSR count). The Hall–Kier alpha value is -2.87. The largest absolute Gasteiger partial charge is 0.492 e. The van der Waals surface area contributed by atoms with E-state index in [1.165, 1.54) is 26.7 Å². The van der Waals surface area contributed by atoms with Gasteiger partial charge in [0.05, 0.1) is 12.7 Å². The Kier molecular flexibility index (Phi) is 5.22. The van der Waals surface area contributed by atoms with Crippen molar-refractivity contribution >= 4 is 28.5 Å². The van der Waals surface area contributed by atoms with E-state index in [0.29, 0.717) is 35.0 Å². The van der Waals surface area contributed by atoms with Gasteiger partial charge in [-0.05, 0) is 18.2 Å². The van der Waals surface area contributed by atoms with Crippen LogP contribution in [0.25, 0.3) is 11.0 Å². The van der Waals surface area contributed by atoms with Crippen LogP contribution in [-0.4, -0.2) is 50.3 Å². The second-order valence-corrected chi connectivity index (χ2v) is 6.24. The van der Waals surface area contributed by atoms with Crippen LogP contribution in [0.4, 0.5) is 0 Å². The highest BCUT2D eigenvalue weighted by molar-refractivity contribution is 6.30. The van der Waals surface area contributed by atoms with Crippen LogP contribution in [0, 0.1) is 0 Å². The van der Waals surface area contributed by atoms with Crippen molar-refractivity contribution in [3.05, 3.63) is 52.2 Å². The topological polar surface area (TPSA) is 82.2 Å². The molecule has 26 heavy (non-hydrogen) atoms. The van der Waals surface area contributed by atoms with Gasteiger partial charge in [-0.25, -0.2) is 4.98 Å². The Balaban J connectivity index is 1.59. The lowest BCUT2D eigenvalue weighted by molar-refractivity contribution is -0.130. The van der Waals surface area contributed by atoms with Gasteiger partial charge >= 0.3 is 0 Å². The van der Waals surface area contributed by atoms with E-state index in [1.54, 1.807) is 38.4 Å². The maximum absolute atomic E-state index is 12.4. The first-order valence-electron chi connectivity index (χ1n) is 7.95. The molecule has 2 aromatic heterocycles. The number of halogens is 1. The van der Waals surface area contributed by atoms with Gasteiger partial charge in [-0.1, -0.05) is 17.7 Å². The van der Waals surface area contributed by atoms with Crippen LogP contribution >= 0.6 is 11.6 Å². The molecule has 0 radical (unpaired) electrons. The number of ether oxygens (including phenoxy) is 1. The smallest absolute Gasteiger partial charge is 0.264 e. The van der Waals surface area contributed by atoms with Crippen LogP contribution in [0.1, 0.15) is 0 Å². The van der Waals surface area contributed by atoms with Crippen LogP contribution in [0.3, 0.4) is 0 Å². The number of aromatic nitrogens is 4. The Morgan fingerprint density at radius 1 is 1.38 bits per heavy atom. The van der Waals surface area contributed by atoms with Crippen molar-refractivity contribution in [2.75, 3.05) is 20.2 Å². The lowest BCUT2D eigenvalue weighted by Crippen LogP contribution is -2.36. The molecule has 2 heterocycles. The summed E-state index contributed by atoms with van der Waals surface area (Å²) in [5.41, 5.74) is 0.196. The van der Waals surface area contributed by atoms with Crippen molar-refractivity contribution in [2.24, 2.45) is 7.05 Å². The summed E-state index contributed by atoms with van der Waals surface area (Å²) in [6.45, 7) is 0.602. The number of fused-ring (bicyclic) bond motifs is 1. The molecule has 1 aromatic carbocycles. The zero-order valence-electron chi connectivity index (χ0n) is 14.4. The summed E-state index contributed by atoms with van der Waals surface area (Å²) in [5.74, 6) is 0.424. The highest BCUT2D eigenvalue weighted by atomic mass is 35.5. The number of benzene rings is 1. The fourth-order valence-corrected chi connectivity index (χ4v) is 2.61. The molecule has 0 saturated carbocycles. The van der Waals surface area contributed by atoms with Crippen LogP contribution in [0.2, 0.25) is 5.02 Å². The highest BCUT2D eigenvalue weighted by Crippen LogP contribution is 2.16. The first-order chi connectivity index (χ1) is 12.5. The van der Waals surface area contributed by atoms with E-state index < -0.39 is 0 Å². The van der Waals surface area contributed by atoms with E-state index in [4.69, 9.17) is 16.3 Å². The molecule has 0 bridgehead atoms. The van der Waals surface area contributed by atoms with E-state index in [9.17, 15) is 9.59 Å². The van der Waals surface area contributed by atoms with Gasteiger partial charge in [0.25, 0.3) is 5.56 Å². The number of nitrogens with zero attached hydrogens (tertiary/aromatic N) is 5. The van der Waals surface area contributed by atoms with Crippen molar-refractivity contribution < 1.29 is 9.53 Å². The lowest BCUT2D eigenvalue weighted by atomic mass is 10.3. The average Bonchev–Trinajstić information content (AvgIpc) is 2.99. The molecule has 0 aliphatic heterocycles. The third kappa shape index (κ3) is 3.85. The molecule has 0 fully saturated rings. The van der Waals surface area contributed by atoms with Gasteiger partial charge in [-0.3, -0.25) is 18.8 Å². The normalized spacial score (nSPS) is 10.9. The summed E-state index contributed by atoms with van der Waals surface area (Å²) in [6, 6.07) is 7.05. The second-order valence-electron chi connectivity index (χ2n) is 5.80. The molecule has 0 spiro atoms. The molecule has 136 valence electrons. The number of hydrogen-bond donors (Lipinski definition) is 0. The molecule has 0 aliphatic rings. The second kappa shape index (κ2) is 7.57. The maximum Gasteiger partial charge on any atom is 0.264 e. The summed E-state index contributed by atoms with van der Waals surface area (Å²) < 4.78 is 8.37. The van der Waals surface area contributed by atoms with E-state index in [-0.39, 0.29) is 18.0 Å². The van der Waals surface area contributed by atoms with Crippen molar-refractivity contribution in [2.45, 2.75) is 6.54 Å². The highest BCUT2D eigenvalue weighted by Gasteiger charge is 2.13. The third-order valence-electron chi connectivity index (χ3n) is 3.94. The minimum atomic E-state index is -0.292. The molecule has 3 aromatic rings. The van der Waals surface area contributed by atoms with Gasteiger partial charge in [0.2, 0.25) is 5.91 Å². The van der Waals surface area contributed by atoms with Gasteiger partial charge in [-0.2, -0.15) is 5.10 Å². The quantitative estimate of drug-likeness (QED) is 0.649. The van der Waals surface area contributed by atoms with Crippen LogP contribution in [0.15, 0.2) is 41.6 Å². The lowest BCUT2D eigenvalue weighted by Gasteiger charge is -2.18. The molecule has 0 aliphatic carbocycles. The van der Waals surface area contributed by atoms with E-state index >= 15 is 0 Å². The molecule has 0 unspecified atom stereocenters. The van der Waals surface area contributed by atoms with Gasteiger partial charge < -0.3 is 9.64 Å². The molecule has 9 heteroatoms. The monoisotopic (exact) mass is 375 g/mol. The van der Waals surface area contributed by atoms with Gasteiger partial charge in [0.1, 0.15) is 30.6 Å². The Bertz CT molecular complexity index is 997. The number of hydrogen-bond acceptors (Lipinski definition) is 5. The van der Waals surface area contributed by atoms with Crippen molar-refractivity contribution in [3.63, 3.8) is 0 Å². The fourth-order valence-electron chi connectivity index (χ4n) is 2.43. The molecular formula is C17H18ClN5O3. The summed E-state index contributed by atoms with van der Waals surface area (Å²) in [4.78, 5) is 30.4. The summed E-state index contributed by atoms with van der Waals surface area (Å²) in [7, 11) is 3.36.